The predicted molar refractivity (Wildman–Crippen MR) is 65.7 cm³/mol. The normalized spacial score (nSPS) is 20.4. The summed E-state index contributed by atoms with van der Waals surface area (Å²) in [5, 5.41) is 9.33. The number of aliphatic hydroxyl groups is 1. The number of hydrogen-bond acceptors (Lipinski definition) is 2. The van der Waals surface area contributed by atoms with Crippen LogP contribution in [0.5, 0.6) is 0 Å². The molecular formula is C14H19NO. The van der Waals surface area contributed by atoms with Crippen LogP contribution in [0.4, 0.5) is 5.69 Å². The first-order valence-electron chi connectivity index (χ1n) is 6.38. The average Bonchev–Trinajstić information content (AvgIpc) is 2.96. The van der Waals surface area contributed by atoms with Crippen molar-refractivity contribution in [2.45, 2.75) is 44.8 Å². The zero-order valence-electron chi connectivity index (χ0n) is 9.65. The molecule has 0 atom stereocenters. The van der Waals surface area contributed by atoms with E-state index in [0.717, 1.165) is 24.6 Å². The van der Waals surface area contributed by atoms with Crippen molar-refractivity contribution in [3.63, 3.8) is 0 Å². The number of fused-ring (bicyclic) bond motifs is 1. The third kappa shape index (κ3) is 1.52. The van der Waals surface area contributed by atoms with Crippen LogP contribution in [-0.2, 0) is 13.0 Å². The molecule has 1 heterocycles. The van der Waals surface area contributed by atoms with Gasteiger partial charge >= 0.3 is 0 Å². The van der Waals surface area contributed by atoms with Gasteiger partial charge in [-0.1, -0.05) is 25.0 Å². The Hall–Kier alpha value is -1.02. The van der Waals surface area contributed by atoms with Crippen LogP contribution in [-0.4, -0.2) is 17.7 Å². The van der Waals surface area contributed by atoms with Crippen molar-refractivity contribution < 1.29 is 5.11 Å². The lowest BCUT2D eigenvalue weighted by Crippen LogP contribution is -2.31. The van der Waals surface area contributed by atoms with Gasteiger partial charge in [0.1, 0.15) is 0 Å². The lowest BCUT2D eigenvalue weighted by Gasteiger charge is -2.27. The largest absolute Gasteiger partial charge is 0.392 e. The average molecular weight is 217 g/mol. The monoisotopic (exact) mass is 217 g/mol. The van der Waals surface area contributed by atoms with E-state index in [0.29, 0.717) is 0 Å². The summed E-state index contributed by atoms with van der Waals surface area (Å²) in [6.07, 6.45) is 6.58. The summed E-state index contributed by atoms with van der Waals surface area (Å²) in [5.41, 5.74) is 3.90. The molecule has 1 N–H and O–H groups in total. The maximum atomic E-state index is 9.33. The summed E-state index contributed by atoms with van der Waals surface area (Å²) < 4.78 is 0. The third-order valence-corrected chi connectivity index (χ3v) is 4.10. The molecule has 1 aromatic rings. The van der Waals surface area contributed by atoms with Gasteiger partial charge in [0.2, 0.25) is 0 Å². The van der Waals surface area contributed by atoms with Crippen LogP contribution >= 0.6 is 0 Å². The van der Waals surface area contributed by atoms with Gasteiger partial charge in [-0.3, -0.25) is 0 Å². The zero-order chi connectivity index (χ0) is 11.0. The second-order valence-corrected chi connectivity index (χ2v) is 4.95. The molecule has 86 valence electrons. The maximum Gasteiger partial charge on any atom is 0.0685 e. The zero-order valence-corrected chi connectivity index (χ0v) is 9.65. The van der Waals surface area contributed by atoms with Gasteiger partial charge in [-0.15, -0.1) is 0 Å². The molecule has 0 aromatic heterocycles. The molecule has 1 aliphatic heterocycles. The minimum absolute atomic E-state index is 0.182. The number of nitrogens with zero attached hydrogens (tertiary/aromatic N) is 1. The van der Waals surface area contributed by atoms with Crippen LogP contribution < -0.4 is 4.90 Å². The van der Waals surface area contributed by atoms with E-state index in [1.807, 2.05) is 0 Å². The molecule has 2 nitrogen and oxygen atoms in total. The molecule has 1 fully saturated rings. The Bertz CT molecular complexity index is 382. The number of aliphatic hydroxyl groups excluding tert-OH is 1. The first-order chi connectivity index (χ1) is 7.90. The minimum Gasteiger partial charge on any atom is -0.392 e. The van der Waals surface area contributed by atoms with E-state index in [4.69, 9.17) is 0 Å². The number of rotatable bonds is 2. The van der Waals surface area contributed by atoms with Crippen molar-refractivity contribution in [1.29, 1.82) is 0 Å². The lowest BCUT2D eigenvalue weighted by atomic mass is 10.1. The summed E-state index contributed by atoms with van der Waals surface area (Å²) >= 11 is 0. The Kier molecular flexibility index (Phi) is 2.60. The van der Waals surface area contributed by atoms with Gasteiger partial charge in [-0.05, 0) is 36.5 Å². The van der Waals surface area contributed by atoms with Crippen molar-refractivity contribution >= 4 is 5.69 Å². The highest BCUT2D eigenvalue weighted by molar-refractivity contribution is 5.61. The highest BCUT2D eigenvalue weighted by Gasteiger charge is 2.28. The van der Waals surface area contributed by atoms with Crippen LogP contribution in [0.3, 0.4) is 0 Å². The van der Waals surface area contributed by atoms with Crippen LogP contribution in [0.1, 0.15) is 36.8 Å². The SMILES string of the molecule is OCc1cccc2c1CCN2C1CCCC1. The predicted octanol–water partition coefficient (Wildman–Crippen LogP) is 2.48. The Morgan fingerprint density at radius 3 is 2.81 bits per heavy atom. The van der Waals surface area contributed by atoms with Gasteiger partial charge in [0.15, 0.2) is 0 Å². The minimum atomic E-state index is 0.182. The molecule has 2 heteroatoms. The van der Waals surface area contributed by atoms with Crippen molar-refractivity contribution in [3.05, 3.63) is 29.3 Å². The molecule has 1 aromatic carbocycles. The van der Waals surface area contributed by atoms with Crippen molar-refractivity contribution in [3.8, 4) is 0 Å². The molecule has 0 saturated heterocycles. The number of hydrogen-bond donors (Lipinski definition) is 1. The molecule has 0 radical (unpaired) electrons. The topological polar surface area (TPSA) is 23.5 Å². The van der Waals surface area contributed by atoms with E-state index in [9.17, 15) is 5.11 Å². The van der Waals surface area contributed by atoms with Crippen molar-refractivity contribution in [2.75, 3.05) is 11.4 Å². The fraction of sp³-hybridized carbons (Fsp3) is 0.571. The highest BCUT2D eigenvalue weighted by atomic mass is 16.3. The summed E-state index contributed by atoms with van der Waals surface area (Å²) in [4.78, 5) is 2.57. The summed E-state index contributed by atoms with van der Waals surface area (Å²) in [6.45, 7) is 1.33. The van der Waals surface area contributed by atoms with Crippen molar-refractivity contribution in [1.82, 2.24) is 0 Å². The Morgan fingerprint density at radius 1 is 1.25 bits per heavy atom. The first-order valence-corrected chi connectivity index (χ1v) is 6.38. The van der Waals surface area contributed by atoms with Gasteiger partial charge < -0.3 is 10.0 Å². The Balaban J connectivity index is 1.93. The van der Waals surface area contributed by atoms with E-state index in [1.54, 1.807) is 0 Å². The standard InChI is InChI=1S/C14H19NO/c16-10-11-4-3-7-14-13(11)8-9-15(14)12-5-1-2-6-12/h3-4,7,12,16H,1-2,5-6,8-10H2. The summed E-state index contributed by atoms with van der Waals surface area (Å²) in [6, 6.07) is 7.12. The Morgan fingerprint density at radius 2 is 2.06 bits per heavy atom. The molecule has 16 heavy (non-hydrogen) atoms. The molecular weight excluding hydrogens is 198 g/mol. The van der Waals surface area contributed by atoms with Crippen LogP contribution in [0.15, 0.2) is 18.2 Å². The van der Waals surface area contributed by atoms with E-state index >= 15 is 0 Å². The highest BCUT2D eigenvalue weighted by Crippen LogP contribution is 2.36. The van der Waals surface area contributed by atoms with E-state index in [1.165, 1.54) is 36.9 Å². The molecule has 0 amide bonds. The van der Waals surface area contributed by atoms with E-state index in [2.05, 4.69) is 23.1 Å². The van der Waals surface area contributed by atoms with Crippen LogP contribution in [0, 0.1) is 0 Å². The molecule has 0 spiro atoms. The third-order valence-electron chi connectivity index (χ3n) is 4.10. The summed E-state index contributed by atoms with van der Waals surface area (Å²) in [5.74, 6) is 0. The van der Waals surface area contributed by atoms with Gasteiger partial charge in [0.05, 0.1) is 6.61 Å². The first kappa shape index (κ1) is 10.2. The molecule has 1 aliphatic carbocycles. The van der Waals surface area contributed by atoms with Crippen LogP contribution in [0.2, 0.25) is 0 Å². The summed E-state index contributed by atoms with van der Waals surface area (Å²) in [7, 11) is 0. The molecule has 2 aliphatic rings. The van der Waals surface area contributed by atoms with Crippen molar-refractivity contribution in [2.24, 2.45) is 0 Å². The molecule has 0 bridgehead atoms. The number of benzene rings is 1. The fourth-order valence-corrected chi connectivity index (χ4v) is 3.27. The van der Waals surface area contributed by atoms with Crippen LogP contribution in [0.25, 0.3) is 0 Å². The molecule has 3 rings (SSSR count). The smallest absolute Gasteiger partial charge is 0.0685 e. The second-order valence-electron chi connectivity index (χ2n) is 4.95. The molecule has 0 unspecified atom stereocenters. The van der Waals surface area contributed by atoms with Gasteiger partial charge in [0, 0.05) is 18.3 Å². The van der Waals surface area contributed by atoms with Gasteiger partial charge in [-0.2, -0.15) is 0 Å². The van der Waals surface area contributed by atoms with Gasteiger partial charge in [-0.25, -0.2) is 0 Å². The van der Waals surface area contributed by atoms with Gasteiger partial charge in [0.25, 0.3) is 0 Å². The van der Waals surface area contributed by atoms with E-state index in [-0.39, 0.29) is 6.61 Å². The number of anilines is 1. The lowest BCUT2D eigenvalue weighted by molar-refractivity contribution is 0.281. The maximum absolute atomic E-state index is 9.33. The molecule has 1 saturated carbocycles. The Labute approximate surface area is 96.9 Å². The quantitative estimate of drug-likeness (QED) is 0.822. The van der Waals surface area contributed by atoms with E-state index < -0.39 is 0 Å². The second kappa shape index (κ2) is 4.10. The fourth-order valence-electron chi connectivity index (χ4n) is 3.27.